The van der Waals surface area contributed by atoms with Gasteiger partial charge in [-0.15, -0.1) is 0 Å². The summed E-state index contributed by atoms with van der Waals surface area (Å²) in [4.78, 5) is 51.8. The molecule has 0 aliphatic heterocycles. The van der Waals surface area contributed by atoms with Crippen LogP contribution in [0.15, 0.2) is 97.1 Å². The van der Waals surface area contributed by atoms with Gasteiger partial charge in [0, 0.05) is 25.7 Å². The van der Waals surface area contributed by atoms with E-state index in [2.05, 4.69) is 103 Å². The van der Waals surface area contributed by atoms with Gasteiger partial charge in [-0.25, -0.2) is 19.2 Å². The van der Waals surface area contributed by atoms with Crippen LogP contribution in [0.3, 0.4) is 0 Å². The second kappa shape index (κ2) is 45.3. The van der Waals surface area contributed by atoms with Gasteiger partial charge >= 0.3 is 23.9 Å². The Balaban J connectivity index is 1.95. The van der Waals surface area contributed by atoms with Crippen LogP contribution in [0, 0.1) is 0 Å². The highest BCUT2D eigenvalue weighted by molar-refractivity contribution is 5.89. The number of aliphatic hydroxyl groups excluding tert-OH is 4. The number of rotatable bonds is 48. The van der Waals surface area contributed by atoms with Crippen LogP contribution in [-0.4, -0.2) is 124 Å². The molecule has 0 unspecified atom stereocenters. The van der Waals surface area contributed by atoms with Crippen molar-refractivity contribution < 1.29 is 77.5 Å². The molecule has 0 fully saturated rings. The Morgan fingerprint density at radius 2 is 0.469 bits per heavy atom. The molecule has 4 aromatic carbocycles. The van der Waals surface area contributed by atoms with Crippen molar-refractivity contribution in [3.63, 3.8) is 0 Å². The summed E-state index contributed by atoms with van der Waals surface area (Å²) in [5.41, 5.74) is 11.0. The van der Waals surface area contributed by atoms with Crippen LogP contribution in [0.2, 0.25) is 0 Å². The van der Waals surface area contributed by atoms with Crippen molar-refractivity contribution in [2.24, 2.45) is 0 Å². The standard InChI is InChI=1S/C80H112O16/c1-9-13-17-21-25-29-61-41-65-49-67-43-62(30-26-22-18-14-10-2)45-69(74(67)90-34-38-94-78(86)58(6)54-82)51-71-47-64(32-28-24-20-16-12-4)48-72(76(71)92-36-40-96-80(88)60(8)56-84)52-70-46-63(31-27-23-19-15-11-3)44-68(75(70)91-35-39-95-79(87)59(7)55-83)50-66(42-61)73(65)89-33-37-93-77(85)57(5)53-81/h41-48,81-84H,5-40,49-56H2,1-4H3. The Bertz CT molecular complexity index is 2630. The van der Waals surface area contributed by atoms with Crippen molar-refractivity contribution in [3.8, 4) is 23.0 Å². The van der Waals surface area contributed by atoms with E-state index in [9.17, 15) is 39.6 Å². The highest BCUT2D eigenvalue weighted by atomic mass is 16.6. The lowest BCUT2D eigenvalue weighted by Gasteiger charge is -2.25. The Labute approximate surface area is 572 Å². The monoisotopic (exact) mass is 1330 g/mol. The number of esters is 4. The molecule has 1 aliphatic carbocycles. The van der Waals surface area contributed by atoms with E-state index in [-0.39, 0.29) is 75.1 Å². The fraction of sp³-hybridized carbons (Fsp3) is 0.550. The minimum atomic E-state index is -0.731. The van der Waals surface area contributed by atoms with Gasteiger partial charge in [0.05, 0.1) is 48.7 Å². The number of benzene rings is 4. The van der Waals surface area contributed by atoms with Gasteiger partial charge in [0.2, 0.25) is 0 Å². The van der Waals surface area contributed by atoms with Crippen molar-refractivity contribution in [1.82, 2.24) is 0 Å². The fourth-order valence-corrected chi connectivity index (χ4v) is 12.0. The summed E-state index contributed by atoms with van der Waals surface area (Å²) in [5, 5.41) is 39.1. The molecule has 1 aliphatic rings. The summed E-state index contributed by atoms with van der Waals surface area (Å²) < 4.78 is 50.5. The van der Waals surface area contributed by atoms with Gasteiger partial charge in [0.25, 0.3) is 0 Å². The van der Waals surface area contributed by atoms with Gasteiger partial charge in [0.1, 0.15) is 75.9 Å². The minimum Gasteiger partial charge on any atom is -0.489 e. The third-order valence-corrected chi connectivity index (χ3v) is 17.2. The zero-order valence-corrected chi connectivity index (χ0v) is 58.4. The Kier molecular flexibility index (Phi) is 37.5. The first-order valence-electron chi connectivity index (χ1n) is 35.5. The maximum atomic E-state index is 13.0. The lowest BCUT2D eigenvalue weighted by Crippen LogP contribution is -2.18. The third kappa shape index (κ3) is 27.3. The van der Waals surface area contributed by atoms with Gasteiger partial charge in [-0.05, 0) is 118 Å². The predicted molar refractivity (Wildman–Crippen MR) is 378 cm³/mol. The second-order valence-electron chi connectivity index (χ2n) is 25.3. The van der Waals surface area contributed by atoms with Gasteiger partial charge < -0.3 is 58.3 Å². The Hall–Kier alpha value is -7.24. The molecule has 0 spiro atoms. The van der Waals surface area contributed by atoms with Crippen molar-refractivity contribution in [1.29, 1.82) is 0 Å². The highest BCUT2D eigenvalue weighted by Crippen LogP contribution is 2.42. The summed E-state index contributed by atoms with van der Waals surface area (Å²) in [6.07, 6.45) is 25.8. The molecule has 0 saturated heterocycles. The van der Waals surface area contributed by atoms with E-state index < -0.39 is 50.3 Å². The van der Waals surface area contributed by atoms with Crippen LogP contribution >= 0.6 is 0 Å². The molecule has 0 amide bonds. The Morgan fingerprint density at radius 3 is 0.635 bits per heavy atom. The highest BCUT2D eigenvalue weighted by Gasteiger charge is 2.26. The minimum absolute atomic E-state index is 0.0393. The molecule has 528 valence electrons. The summed E-state index contributed by atoms with van der Waals surface area (Å²) in [5.74, 6) is -0.572. The molecule has 16 heteroatoms. The topological polar surface area (TPSA) is 223 Å². The van der Waals surface area contributed by atoms with E-state index in [0.29, 0.717) is 48.7 Å². The molecule has 0 aromatic heterocycles. The van der Waals surface area contributed by atoms with E-state index in [1.165, 1.54) is 0 Å². The average molecular weight is 1330 g/mol. The second-order valence-corrected chi connectivity index (χ2v) is 25.3. The number of aliphatic hydroxyl groups is 4. The number of unbranched alkanes of at least 4 members (excludes halogenated alkanes) is 16. The van der Waals surface area contributed by atoms with Gasteiger partial charge in [0.15, 0.2) is 0 Å². The van der Waals surface area contributed by atoms with Crippen LogP contribution in [0.5, 0.6) is 23.0 Å². The SMILES string of the molecule is C=C(CO)C(=O)OCCOc1c2cc(CCCCCCC)cc1Cc1cc(CCCCCCC)cc(c1OCCOC(=O)C(=C)CO)Cc1cc(CCCCCCC)cc(c1OCCOC(=O)C(=C)CO)Cc1cc(CCCCCCC)cc(c1OCCOC(=O)C(=C)CO)C2. The van der Waals surface area contributed by atoms with Gasteiger partial charge in [-0.1, -0.05) is 205 Å². The predicted octanol–water partition coefficient (Wildman–Crippen LogP) is 14.3. The molecule has 16 nitrogen and oxygen atoms in total. The number of carbonyl (C=O) groups is 4. The molecule has 0 heterocycles. The number of ether oxygens (including phenoxy) is 8. The fourth-order valence-electron chi connectivity index (χ4n) is 12.0. The number of fused-ring (bicyclic) bond motifs is 8. The first-order valence-corrected chi connectivity index (χ1v) is 35.5. The number of hydrogen-bond acceptors (Lipinski definition) is 16. The number of carbonyl (C=O) groups excluding carboxylic acids is 4. The van der Waals surface area contributed by atoms with E-state index in [4.69, 9.17) is 37.9 Å². The van der Waals surface area contributed by atoms with Crippen LogP contribution in [0.4, 0.5) is 0 Å². The zero-order valence-electron chi connectivity index (χ0n) is 58.4. The first-order chi connectivity index (χ1) is 46.6. The smallest absolute Gasteiger partial charge is 0.335 e. The van der Waals surface area contributed by atoms with E-state index in [1.54, 1.807) is 0 Å². The lowest BCUT2D eigenvalue weighted by atomic mass is 9.87. The summed E-state index contributed by atoms with van der Waals surface area (Å²) in [6.45, 7) is 20.6. The summed E-state index contributed by atoms with van der Waals surface area (Å²) in [7, 11) is 0. The van der Waals surface area contributed by atoms with Crippen molar-refractivity contribution >= 4 is 23.9 Å². The lowest BCUT2D eigenvalue weighted by molar-refractivity contribution is -0.141. The van der Waals surface area contributed by atoms with E-state index in [0.717, 1.165) is 221 Å². The van der Waals surface area contributed by atoms with Crippen LogP contribution in [0.25, 0.3) is 0 Å². The molecule has 0 saturated carbocycles. The van der Waals surface area contributed by atoms with Crippen molar-refractivity contribution in [2.45, 2.75) is 207 Å². The van der Waals surface area contributed by atoms with Crippen molar-refractivity contribution in [3.05, 3.63) is 164 Å². The largest absolute Gasteiger partial charge is 0.489 e. The average Bonchev–Trinajstić information content (AvgIpc) is 0.780. The molecule has 4 N–H and O–H groups in total. The summed E-state index contributed by atoms with van der Waals surface area (Å²) in [6, 6.07) is 17.8. The molecular formula is C80H112O16. The first kappa shape index (κ1) is 79.4. The summed E-state index contributed by atoms with van der Waals surface area (Å²) >= 11 is 0. The van der Waals surface area contributed by atoms with Crippen LogP contribution in [0.1, 0.15) is 223 Å². The molecule has 96 heavy (non-hydrogen) atoms. The normalized spacial score (nSPS) is 11.8. The molecule has 0 atom stereocenters. The molecule has 8 bridgehead atoms. The van der Waals surface area contributed by atoms with Gasteiger partial charge in [-0.2, -0.15) is 0 Å². The van der Waals surface area contributed by atoms with Crippen molar-refractivity contribution in [2.75, 3.05) is 79.3 Å². The molecule has 0 radical (unpaired) electrons. The maximum absolute atomic E-state index is 13.0. The molecule has 5 rings (SSSR count). The quantitative estimate of drug-likeness (QED) is 0.0123. The zero-order chi connectivity index (χ0) is 69.5. The van der Waals surface area contributed by atoms with E-state index >= 15 is 0 Å². The number of hydrogen-bond donors (Lipinski definition) is 4. The maximum Gasteiger partial charge on any atom is 0.335 e. The molecular weight excluding hydrogens is 1220 g/mol. The number of aryl methyl sites for hydroxylation is 4. The van der Waals surface area contributed by atoms with Crippen LogP contribution < -0.4 is 18.9 Å². The van der Waals surface area contributed by atoms with Gasteiger partial charge in [-0.3, -0.25) is 0 Å². The third-order valence-electron chi connectivity index (χ3n) is 17.2. The van der Waals surface area contributed by atoms with Crippen LogP contribution in [-0.2, 0) is 89.5 Å². The van der Waals surface area contributed by atoms with E-state index in [1.807, 2.05) is 0 Å². The molecule has 4 aromatic rings. The Morgan fingerprint density at radius 1 is 0.292 bits per heavy atom.